The molecule has 0 aliphatic carbocycles. The van der Waals surface area contributed by atoms with Crippen LogP contribution in [0.25, 0.3) is 11.1 Å². The first-order chi connectivity index (χ1) is 13.8. The van der Waals surface area contributed by atoms with Crippen molar-refractivity contribution in [3.63, 3.8) is 0 Å². The van der Waals surface area contributed by atoms with Gasteiger partial charge in [0.2, 0.25) is 0 Å². The van der Waals surface area contributed by atoms with E-state index in [4.69, 9.17) is 0 Å². The van der Waals surface area contributed by atoms with Crippen LogP contribution in [-0.4, -0.2) is 23.8 Å². The lowest BCUT2D eigenvalue weighted by Gasteiger charge is -2.12. The van der Waals surface area contributed by atoms with Gasteiger partial charge < -0.3 is 14.7 Å². The topological polar surface area (TPSA) is 55.6 Å². The van der Waals surface area contributed by atoms with Crippen LogP contribution in [0.1, 0.15) is 21.5 Å². The van der Waals surface area contributed by atoms with Crippen molar-refractivity contribution in [3.05, 3.63) is 77.6 Å². The molecule has 1 N–H and O–H groups in total. The molecule has 3 rings (SSSR count). The number of aromatic nitrogens is 1. The molecular formula is C21H18F3N3O2. The van der Waals surface area contributed by atoms with Gasteiger partial charge in [-0.2, -0.15) is 13.2 Å². The van der Waals surface area contributed by atoms with Crippen molar-refractivity contribution in [2.75, 3.05) is 12.4 Å². The van der Waals surface area contributed by atoms with Crippen molar-refractivity contribution in [3.8, 4) is 11.1 Å². The first-order valence-corrected chi connectivity index (χ1v) is 8.60. The molecule has 0 saturated carbocycles. The summed E-state index contributed by atoms with van der Waals surface area (Å²) in [5, 5.41) is 6.29. The number of carbonyl (C=O) groups excluding carboxylic acids is 1. The second kappa shape index (κ2) is 8.22. The Bertz CT molecular complexity index is 1040. The van der Waals surface area contributed by atoms with E-state index in [0.29, 0.717) is 11.3 Å². The van der Waals surface area contributed by atoms with E-state index in [-0.39, 0.29) is 0 Å². The number of nitrogens with one attached hydrogen (secondary N) is 1. The van der Waals surface area contributed by atoms with Crippen molar-refractivity contribution < 1.29 is 22.8 Å². The Morgan fingerprint density at radius 1 is 1.10 bits per heavy atom. The number of benzene rings is 2. The number of rotatable bonds is 5. The zero-order valence-electron chi connectivity index (χ0n) is 15.7. The second-order valence-electron chi connectivity index (χ2n) is 6.29. The summed E-state index contributed by atoms with van der Waals surface area (Å²) in [5.74, 6) is -0.825. The average Bonchev–Trinajstić information content (AvgIpc) is 3.10. The number of carbonyl (C=O) groups is 1. The molecule has 0 saturated heterocycles. The standard InChI is InChI=1S/C21H18F3N3O2/c1-27-12-17(18(13-27)21(22,23)24)20(28)26-19-6-4-3-5-16(19)15-9-7-14(8-10-15)11-25-29-2/h3-13H,1-2H3,(H,26,28)/b25-11-. The molecule has 8 heteroatoms. The van der Waals surface area contributed by atoms with Gasteiger partial charge in [-0.1, -0.05) is 47.6 Å². The minimum Gasteiger partial charge on any atom is -0.399 e. The molecule has 0 fully saturated rings. The van der Waals surface area contributed by atoms with Gasteiger partial charge in [0.1, 0.15) is 7.11 Å². The van der Waals surface area contributed by atoms with Gasteiger partial charge in [0.15, 0.2) is 0 Å². The number of anilines is 1. The Balaban J connectivity index is 1.91. The largest absolute Gasteiger partial charge is 0.418 e. The van der Waals surface area contributed by atoms with E-state index >= 15 is 0 Å². The van der Waals surface area contributed by atoms with Gasteiger partial charge in [0, 0.05) is 30.7 Å². The Hall–Kier alpha value is -3.55. The third kappa shape index (κ3) is 4.66. The molecule has 1 heterocycles. The minimum absolute atomic E-state index is 0.410. The molecule has 150 valence electrons. The van der Waals surface area contributed by atoms with E-state index in [1.54, 1.807) is 30.5 Å². The first-order valence-electron chi connectivity index (χ1n) is 8.60. The number of para-hydroxylation sites is 1. The second-order valence-corrected chi connectivity index (χ2v) is 6.29. The van der Waals surface area contributed by atoms with E-state index in [1.807, 2.05) is 24.3 Å². The van der Waals surface area contributed by atoms with Crippen LogP contribution in [0, 0.1) is 0 Å². The van der Waals surface area contributed by atoms with E-state index in [9.17, 15) is 18.0 Å². The summed E-state index contributed by atoms with van der Waals surface area (Å²) in [7, 11) is 2.88. The number of amides is 1. The molecule has 2 aromatic carbocycles. The first kappa shape index (κ1) is 20.2. The summed E-state index contributed by atoms with van der Waals surface area (Å²) in [6.07, 6.45) is -1.02. The third-order valence-electron chi connectivity index (χ3n) is 4.21. The van der Waals surface area contributed by atoms with Crippen LogP contribution in [-0.2, 0) is 18.1 Å². The molecule has 29 heavy (non-hydrogen) atoms. The lowest BCUT2D eigenvalue weighted by molar-refractivity contribution is -0.137. The van der Waals surface area contributed by atoms with Crippen molar-refractivity contribution in [2.24, 2.45) is 12.2 Å². The maximum atomic E-state index is 13.2. The van der Waals surface area contributed by atoms with Crippen molar-refractivity contribution in [2.45, 2.75) is 6.18 Å². The zero-order valence-corrected chi connectivity index (χ0v) is 15.7. The molecule has 0 atom stereocenters. The third-order valence-corrected chi connectivity index (χ3v) is 4.21. The fraction of sp³-hybridized carbons (Fsp3) is 0.143. The molecule has 1 aromatic heterocycles. The molecule has 0 aliphatic rings. The smallest absolute Gasteiger partial charge is 0.399 e. The summed E-state index contributed by atoms with van der Waals surface area (Å²) in [4.78, 5) is 17.2. The highest BCUT2D eigenvalue weighted by Gasteiger charge is 2.36. The highest BCUT2D eigenvalue weighted by Crippen LogP contribution is 2.34. The van der Waals surface area contributed by atoms with Gasteiger partial charge >= 0.3 is 6.18 Å². The molecule has 0 bridgehead atoms. The maximum absolute atomic E-state index is 13.2. The van der Waals surface area contributed by atoms with Gasteiger partial charge in [-0.15, -0.1) is 0 Å². The zero-order chi connectivity index (χ0) is 21.0. The fourth-order valence-electron chi connectivity index (χ4n) is 2.89. The minimum atomic E-state index is -4.62. The van der Waals surface area contributed by atoms with Crippen LogP contribution in [0.15, 0.2) is 66.1 Å². The van der Waals surface area contributed by atoms with Crippen LogP contribution >= 0.6 is 0 Å². The molecule has 5 nitrogen and oxygen atoms in total. The van der Waals surface area contributed by atoms with Gasteiger partial charge in [-0.3, -0.25) is 4.79 Å². The predicted molar refractivity (Wildman–Crippen MR) is 105 cm³/mol. The normalized spacial score (nSPS) is 11.6. The van der Waals surface area contributed by atoms with Crippen LogP contribution in [0.5, 0.6) is 0 Å². The van der Waals surface area contributed by atoms with Crippen LogP contribution in [0.4, 0.5) is 18.9 Å². The SMILES string of the molecule is CO/N=C\c1ccc(-c2ccccc2NC(=O)c2cn(C)cc2C(F)(F)F)cc1. The summed E-state index contributed by atoms with van der Waals surface area (Å²) < 4.78 is 40.9. The molecule has 0 aliphatic heterocycles. The molecular weight excluding hydrogens is 383 g/mol. The summed E-state index contributed by atoms with van der Waals surface area (Å²) in [6, 6.07) is 14.2. The van der Waals surface area contributed by atoms with Gasteiger partial charge in [0.05, 0.1) is 17.3 Å². The van der Waals surface area contributed by atoms with Crippen molar-refractivity contribution in [1.29, 1.82) is 0 Å². The number of oxime groups is 1. The highest BCUT2D eigenvalue weighted by atomic mass is 19.4. The monoisotopic (exact) mass is 401 g/mol. The van der Waals surface area contributed by atoms with E-state index in [2.05, 4.69) is 15.3 Å². The molecule has 0 unspecified atom stereocenters. The number of halogens is 3. The van der Waals surface area contributed by atoms with E-state index in [0.717, 1.165) is 23.5 Å². The quantitative estimate of drug-likeness (QED) is 0.486. The molecule has 1 amide bonds. The summed E-state index contributed by atoms with van der Waals surface area (Å²) in [5.41, 5.74) is 1.29. The van der Waals surface area contributed by atoms with Crippen molar-refractivity contribution in [1.82, 2.24) is 4.57 Å². The lowest BCUT2D eigenvalue weighted by atomic mass is 10.0. The number of hydrogen-bond donors (Lipinski definition) is 1. The number of hydrogen-bond acceptors (Lipinski definition) is 3. The fourth-order valence-corrected chi connectivity index (χ4v) is 2.89. The number of aryl methyl sites for hydroxylation is 1. The molecule has 0 radical (unpaired) electrons. The highest BCUT2D eigenvalue weighted by molar-refractivity contribution is 6.07. The van der Waals surface area contributed by atoms with Crippen LogP contribution in [0.3, 0.4) is 0 Å². The number of alkyl halides is 3. The lowest BCUT2D eigenvalue weighted by Crippen LogP contribution is -2.17. The van der Waals surface area contributed by atoms with E-state index in [1.165, 1.54) is 18.7 Å². The Morgan fingerprint density at radius 2 is 1.79 bits per heavy atom. The van der Waals surface area contributed by atoms with Gasteiger partial charge in [-0.25, -0.2) is 0 Å². The summed E-state index contributed by atoms with van der Waals surface area (Å²) in [6.45, 7) is 0. The average molecular weight is 401 g/mol. The molecule has 0 spiro atoms. The van der Waals surface area contributed by atoms with Crippen LogP contribution in [0.2, 0.25) is 0 Å². The predicted octanol–water partition coefficient (Wildman–Crippen LogP) is 4.94. The van der Waals surface area contributed by atoms with Gasteiger partial charge in [0.25, 0.3) is 5.91 Å². The Labute approximate surface area is 165 Å². The van der Waals surface area contributed by atoms with Crippen LogP contribution < -0.4 is 5.32 Å². The Kier molecular flexibility index (Phi) is 5.72. The maximum Gasteiger partial charge on any atom is 0.418 e. The van der Waals surface area contributed by atoms with E-state index < -0.39 is 23.2 Å². The Morgan fingerprint density at radius 3 is 2.45 bits per heavy atom. The summed E-state index contributed by atoms with van der Waals surface area (Å²) >= 11 is 0. The molecule has 3 aromatic rings. The number of nitrogens with zero attached hydrogens (tertiary/aromatic N) is 2. The van der Waals surface area contributed by atoms with Gasteiger partial charge in [-0.05, 0) is 17.2 Å². The van der Waals surface area contributed by atoms with Crippen molar-refractivity contribution >= 4 is 17.8 Å².